The standard InChI is InChI=1S/C28H38F3N3O4S/c1-17-12-19(13-17)16-34-18(2)22(26(35)32-21-8-10-38-11-9-21)15-24(34)20-6-7-25(23(14-20)28(29,30)31)39(36,37)33-27(3,4)5/h6-7,14-15,17,19,21,33H,8-13,16H2,1-5H3,(H,32,35). The monoisotopic (exact) mass is 569 g/mol. The van der Waals surface area contributed by atoms with Crippen LogP contribution in [0.15, 0.2) is 29.2 Å². The maximum absolute atomic E-state index is 14.2. The van der Waals surface area contributed by atoms with Crippen molar-refractivity contribution < 1.29 is 31.1 Å². The van der Waals surface area contributed by atoms with Crippen LogP contribution in [-0.2, 0) is 27.5 Å². The molecule has 2 fully saturated rings. The molecule has 1 amide bonds. The number of rotatable bonds is 7. The molecule has 2 N–H and O–H groups in total. The average Bonchev–Trinajstić information content (AvgIpc) is 3.12. The van der Waals surface area contributed by atoms with Crippen LogP contribution in [0.3, 0.4) is 0 Å². The first-order valence-electron chi connectivity index (χ1n) is 13.4. The lowest BCUT2D eigenvalue weighted by Gasteiger charge is -2.34. The lowest BCUT2D eigenvalue weighted by molar-refractivity contribution is -0.139. The van der Waals surface area contributed by atoms with Gasteiger partial charge in [-0.25, -0.2) is 13.1 Å². The minimum Gasteiger partial charge on any atom is -0.381 e. The minimum absolute atomic E-state index is 0.0263. The number of sulfonamides is 1. The Bertz CT molecular complexity index is 1320. The highest BCUT2D eigenvalue weighted by molar-refractivity contribution is 7.89. The Morgan fingerprint density at radius 3 is 2.31 bits per heavy atom. The van der Waals surface area contributed by atoms with Gasteiger partial charge in [0, 0.05) is 42.7 Å². The van der Waals surface area contributed by atoms with Gasteiger partial charge in [0.25, 0.3) is 5.91 Å². The molecule has 0 unspecified atom stereocenters. The number of amides is 1. The van der Waals surface area contributed by atoms with E-state index in [1.54, 1.807) is 33.8 Å². The summed E-state index contributed by atoms with van der Waals surface area (Å²) in [6.07, 6.45) is -1.50. The molecule has 1 aliphatic heterocycles. The van der Waals surface area contributed by atoms with Gasteiger partial charge in [-0.05, 0) is 89.0 Å². The molecule has 0 radical (unpaired) electrons. The predicted octanol–water partition coefficient (Wildman–Crippen LogP) is 5.51. The number of carbonyl (C=O) groups excluding carboxylic acids is 1. The molecule has 4 rings (SSSR count). The molecule has 11 heteroatoms. The van der Waals surface area contributed by atoms with Crippen molar-refractivity contribution in [3.05, 3.63) is 41.1 Å². The molecule has 0 atom stereocenters. The van der Waals surface area contributed by atoms with Crippen molar-refractivity contribution in [3.63, 3.8) is 0 Å². The Morgan fingerprint density at radius 2 is 1.74 bits per heavy atom. The third kappa shape index (κ3) is 6.86. The van der Waals surface area contributed by atoms with Crippen LogP contribution in [0.1, 0.15) is 75.0 Å². The third-order valence-electron chi connectivity index (χ3n) is 7.39. The van der Waals surface area contributed by atoms with E-state index in [4.69, 9.17) is 4.74 Å². The van der Waals surface area contributed by atoms with E-state index in [1.807, 2.05) is 4.57 Å². The van der Waals surface area contributed by atoms with E-state index < -0.39 is 32.2 Å². The summed E-state index contributed by atoms with van der Waals surface area (Å²) in [4.78, 5) is 12.4. The van der Waals surface area contributed by atoms with Gasteiger partial charge in [0.15, 0.2) is 0 Å². The number of hydrogen-bond donors (Lipinski definition) is 2. The van der Waals surface area contributed by atoms with Gasteiger partial charge in [0.05, 0.1) is 16.0 Å². The SMILES string of the molecule is Cc1c(C(=O)NC2CCOCC2)cc(-c2ccc(S(=O)(=O)NC(C)(C)C)c(C(F)(F)F)c2)n1CC1CC(C)C1. The van der Waals surface area contributed by atoms with Gasteiger partial charge < -0.3 is 14.6 Å². The summed E-state index contributed by atoms with van der Waals surface area (Å²) in [5.41, 5.74) is -0.455. The van der Waals surface area contributed by atoms with Crippen molar-refractivity contribution in [2.45, 2.75) is 89.5 Å². The smallest absolute Gasteiger partial charge is 0.381 e. The highest BCUT2D eigenvalue weighted by Gasteiger charge is 2.39. The van der Waals surface area contributed by atoms with E-state index in [-0.39, 0.29) is 17.5 Å². The van der Waals surface area contributed by atoms with Crippen LogP contribution in [-0.4, -0.2) is 43.7 Å². The maximum Gasteiger partial charge on any atom is 0.417 e. The number of nitrogens with zero attached hydrogens (tertiary/aromatic N) is 1. The Balaban J connectivity index is 1.77. The number of aromatic nitrogens is 1. The zero-order valence-electron chi connectivity index (χ0n) is 23.1. The molecule has 1 saturated heterocycles. The third-order valence-corrected chi connectivity index (χ3v) is 9.21. The number of halogens is 3. The Kier molecular flexibility index (Phi) is 8.27. The first kappa shape index (κ1) is 29.6. The molecule has 39 heavy (non-hydrogen) atoms. The van der Waals surface area contributed by atoms with Crippen LogP contribution >= 0.6 is 0 Å². The lowest BCUT2D eigenvalue weighted by atomic mass is 9.76. The summed E-state index contributed by atoms with van der Waals surface area (Å²) in [6, 6.07) is 4.88. The zero-order valence-corrected chi connectivity index (χ0v) is 23.9. The van der Waals surface area contributed by atoms with Gasteiger partial charge >= 0.3 is 6.18 Å². The fraction of sp³-hybridized carbons (Fsp3) is 0.607. The molecule has 7 nitrogen and oxygen atoms in total. The number of nitrogens with one attached hydrogen (secondary N) is 2. The molecule has 1 saturated carbocycles. The Morgan fingerprint density at radius 1 is 1.10 bits per heavy atom. The predicted molar refractivity (Wildman–Crippen MR) is 143 cm³/mol. The number of alkyl halides is 3. The maximum atomic E-state index is 14.2. The summed E-state index contributed by atoms with van der Waals surface area (Å²) in [6.45, 7) is 10.4. The normalized spacial score (nSPS) is 21.0. The van der Waals surface area contributed by atoms with Crippen molar-refractivity contribution in [1.29, 1.82) is 0 Å². The Labute approximate surface area is 228 Å². The van der Waals surface area contributed by atoms with Crippen LogP contribution in [0.25, 0.3) is 11.3 Å². The van der Waals surface area contributed by atoms with Crippen molar-refractivity contribution in [3.8, 4) is 11.3 Å². The van der Waals surface area contributed by atoms with Gasteiger partial charge in [-0.2, -0.15) is 13.2 Å². The summed E-state index contributed by atoms with van der Waals surface area (Å²) < 4.78 is 78.1. The van der Waals surface area contributed by atoms with Crippen molar-refractivity contribution in [2.24, 2.45) is 11.8 Å². The highest BCUT2D eigenvalue weighted by Crippen LogP contribution is 2.40. The second kappa shape index (κ2) is 10.9. The van der Waals surface area contributed by atoms with Crippen molar-refractivity contribution in [1.82, 2.24) is 14.6 Å². The summed E-state index contributed by atoms with van der Waals surface area (Å²) in [7, 11) is -4.44. The highest BCUT2D eigenvalue weighted by atomic mass is 32.2. The molecule has 2 heterocycles. The fourth-order valence-corrected chi connectivity index (χ4v) is 7.16. The first-order valence-corrected chi connectivity index (χ1v) is 14.9. The summed E-state index contributed by atoms with van der Waals surface area (Å²) in [5.74, 6) is 0.669. The van der Waals surface area contributed by atoms with Crippen molar-refractivity contribution in [2.75, 3.05) is 13.2 Å². The largest absolute Gasteiger partial charge is 0.417 e. The minimum atomic E-state index is -4.91. The van der Waals surface area contributed by atoms with Gasteiger partial charge in [-0.1, -0.05) is 13.0 Å². The molecule has 1 aromatic carbocycles. The van der Waals surface area contributed by atoms with Gasteiger partial charge in [0.1, 0.15) is 0 Å². The van der Waals surface area contributed by atoms with Crippen LogP contribution in [0.4, 0.5) is 13.2 Å². The van der Waals surface area contributed by atoms with Gasteiger partial charge in [-0.15, -0.1) is 0 Å². The average molecular weight is 570 g/mol. The van der Waals surface area contributed by atoms with Crippen molar-refractivity contribution >= 4 is 15.9 Å². The second-order valence-electron chi connectivity index (χ2n) is 12.0. The van der Waals surface area contributed by atoms with E-state index in [2.05, 4.69) is 17.0 Å². The quantitative estimate of drug-likeness (QED) is 0.460. The number of hydrogen-bond acceptors (Lipinski definition) is 4. The first-order chi connectivity index (χ1) is 18.0. The number of benzene rings is 1. The van der Waals surface area contributed by atoms with E-state index >= 15 is 0 Å². The molecular weight excluding hydrogens is 531 g/mol. The molecule has 0 spiro atoms. The zero-order chi connectivity index (χ0) is 28.8. The van der Waals surface area contributed by atoms with E-state index in [9.17, 15) is 26.4 Å². The number of carbonyl (C=O) groups is 1. The van der Waals surface area contributed by atoms with Crippen LogP contribution in [0.2, 0.25) is 0 Å². The van der Waals surface area contributed by atoms with Gasteiger partial charge in [-0.3, -0.25) is 4.79 Å². The molecule has 1 aliphatic carbocycles. The molecule has 1 aromatic heterocycles. The van der Waals surface area contributed by atoms with Gasteiger partial charge in [0.2, 0.25) is 10.0 Å². The Hall–Kier alpha value is -2.37. The van der Waals surface area contributed by atoms with Crippen LogP contribution in [0.5, 0.6) is 0 Å². The second-order valence-corrected chi connectivity index (χ2v) is 13.7. The fourth-order valence-electron chi connectivity index (χ4n) is 5.53. The molecule has 216 valence electrons. The van der Waals surface area contributed by atoms with E-state index in [0.29, 0.717) is 61.4 Å². The molecular formula is C28H38F3N3O4S. The molecule has 2 aliphatic rings. The van der Waals surface area contributed by atoms with E-state index in [0.717, 1.165) is 25.0 Å². The van der Waals surface area contributed by atoms with Crippen LogP contribution in [0, 0.1) is 18.8 Å². The molecule has 0 bridgehead atoms. The summed E-state index contributed by atoms with van der Waals surface area (Å²) in [5, 5.41) is 3.04. The molecule has 2 aromatic rings. The number of ether oxygens (including phenoxy) is 1. The topological polar surface area (TPSA) is 89.4 Å². The lowest BCUT2D eigenvalue weighted by Crippen LogP contribution is -2.41. The van der Waals surface area contributed by atoms with Crippen LogP contribution < -0.4 is 10.0 Å². The summed E-state index contributed by atoms with van der Waals surface area (Å²) >= 11 is 0. The van der Waals surface area contributed by atoms with E-state index in [1.165, 1.54) is 6.07 Å².